The standard InChI is InChI=1S/C11H12F3N/c1-8(7-15-2)9-5-3-4-6-10(9)11(12,13)14/h3-6,15H,1,7H2,2H3. The summed E-state index contributed by atoms with van der Waals surface area (Å²) in [5.74, 6) is 0. The number of alkyl halides is 3. The fourth-order valence-corrected chi connectivity index (χ4v) is 1.35. The van der Waals surface area contributed by atoms with Crippen molar-refractivity contribution in [1.82, 2.24) is 5.32 Å². The van der Waals surface area contributed by atoms with E-state index in [0.717, 1.165) is 6.07 Å². The Kier molecular flexibility index (Phi) is 3.52. The number of halogens is 3. The van der Waals surface area contributed by atoms with E-state index in [1.807, 2.05) is 0 Å². The second-order valence-electron chi connectivity index (χ2n) is 3.18. The van der Waals surface area contributed by atoms with Gasteiger partial charge in [-0.2, -0.15) is 13.2 Å². The van der Waals surface area contributed by atoms with Crippen molar-refractivity contribution in [3.8, 4) is 0 Å². The molecule has 1 aromatic rings. The van der Waals surface area contributed by atoms with E-state index >= 15 is 0 Å². The maximum Gasteiger partial charge on any atom is 0.416 e. The van der Waals surface area contributed by atoms with Crippen LogP contribution in [0.3, 0.4) is 0 Å². The minimum Gasteiger partial charge on any atom is -0.316 e. The third-order valence-corrected chi connectivity index (χ3v) is 2.00. The van der Waals surface area contributed by atoms with E-state index in [9.17, 15) is 13.2 Å². The van der Waals surface area contributed by atoms with Crippen molar-refractivity contribution < 1.29 is 13.2 Å². The van der Waals surface area contributed by atoms with Crippen molar-refractivity contribution in [2.45, 2.75) is 6.18 Å². The lowest BCUT2D eigenvalue weighted by atomic mass is 10.0. The summed E-state index contributed by atoms with van der Waals surface area (Å²) in [6.45, 7) is 3.97. The van der Waals surface area contributed by atoms with Crippen LogP contribution in [0.5, 0.6) is 0 Å². The largest absolute Gasteiger partial charge is 0.416 e. The van der Waals surface area contributed by atoms with Crippen LogP contribution in [0.25, 0.3) is 5.57 Å². The molecule has 1 aromatic carbocycles. The molecular formula is C11H12F3N. The number of rotatable bonds is 3. The average molecular weight is 215 g/mol. The highest BCUT2D eigenvalue weighted by Crippen LogP contribution is 2.34. The summed E-state index contributed by atoms with van der Waals surface area (Å²) >= 11 is 0. The van der Waals surface area contributed by atoms with E-state index in [2.05, 4.69) is 11.9 Å². The zero-order valence-corrected chi connectivity index (χ0v) is 8.36. The SMILES string of the molecule is C=C(CNC)c1ccccc1C(F)(F)F. The third-order valence-electron chi connectivity index (χ3n) is 2.00. The lowest BCUT2D eigenvalue weighted by Crippen LogP contribution is -2.13. The maximum absolute atomic E-state index is 12.6. The number of nitrogens with one attached hydrogen (secondary N) is 1. The first kappa shape index (κ1) is 11.8. The van der Waals surface area contributed by atoms with Crippen LogP contribution in [-0.2, 0) is 6.18 Å². The molecule has 0 atom stereocenters. The summed E-state index contributed by atoms with van der Waals surface area (Å²) in [5, 5.41) is 2.78. The Labute approximate surface area is 86.6 Å². The Morgan fingerprint density at radius 2 is 1.93 bits per heavy atom. The fraction of sp³-hybridized carbons (Fsp3) is 0.273. The Balaban J connectivity index is 3.12. The summed E-state index contributed by atoms with van der Waals surface area (Å²) in [5.41, 5.74) is -0.0463. The molecule has 0 aromatic heterocycles. The molecule has 1 nitrogen and oxygen atoms in total. The van der Waals surface area contributed by atoms with E-state index in [1.54, 1.807) is 13.1 Å². The van der Waals surface area contributed by atoms with Gasteiger partial charge < -0.3 is 5.32 Å². The van der Waals surface area contributed by atoms with Crippen LogP contribution in [0, 0.1) is 0 Å². The molecule has 0 heterocycles. The summed E-state index contributed by atoms with van der Waals surface area (Å²) < 4.78 is 37.8. The lowest BCUT2D eigenvalue weighted by molar-refractivity contribution is -0.137. The van der Waals surface area contributed by atoms with E-state index < -0.39 is 11.7 Å². The van der Waals surface area contributed by atoms with E-state index in [4.69, 9.17) is 0 Å². The zero-order chi connectivity index (χ0) is 11.5. The van der Waals surface area contributed by atoms with Gasteiger partial charge in [-0.3, -0.25) is 0 Å². The topological polar surface area (TPSA) is 12.0 Å². The van der Waals surface area contributed by atoms with Crippen molar-refractivity contribution in [3.63, 3.8) is 0 Å². The second kappa shape index (κ2) is 4.49. The molecule has 0 fully saturated rings. The zero-order valence-electron chi connectivity index (χ0n) is 8.36. The van der Waals surface area contributed by atoms with Crippen molar-refractivity contribution in [3.05, 3.63) is 42.0 Å². The van der Waals surface area contributed by atoms with Crippen LogP contribution < -0.4 is 5.32 Å². The third kappa shape index (κ3) is 2.83. The molecule has 15 heavy (non-hydrogen) atoms. The maximum atomic E-state index is 12.6. The molecule has 0 bridgehead atoms. The highest BCUT2D eigenvalue weighted by Gasteiger charge is 2.33. The molecule has 0 saturated heterocycles. The van der Waals surface area contributed by atoms with Gasteiger partial charge in [-0.15, -0.1) is 0 Å². The molecule has 0 aliphatic heterocycles. The Hall–Kier alpha value is -1.29. The first-order chi connectivity index (χ1) is 6.96. The molecule has 0 saturated carbocycles. The minimum atomic E-state index is -4.33. The summed E-state index contributed by atoms with van der Waals surface area (Å²) in [4.78, 5) is 0. The van der Waals surface area contributed by atoms with Gasteiger partial charge in [-0.1, -0.05) is 24.8 Å². The highest BCUT2D eigenvalue weighted by molar-refractivity contribution is 5.68. The predicted octanol–water partition coefficient (Wildman–Crippen LogP) is 2.94. The van der Waals surface area contributed by atoms with Gasteiger partial charge in [-0.05, 0) is 24.3 Å². The molecule has 0 spiro atoms. The molecule has 0 unspecified atom stereocenters. The lowest BCUT2D eigenvalue weighted by Gasteiger charge is -2.14. The number of hydrogen-bond donors (Lipinski definition) is 1. The average Bonchev–Trinajstić information content (AvgIpc) is 2.17. The van der Waals surface area contributed by atoms with Crippen molar-refractivity contribution in [1.29, 1.82) is 0 Å². The first-order valence-corrected chi connectivity index (χ1v) is 4.45. The van der Waals surface area contributed by atoms with Crippen LogP contribution >= 0.6 is 0 Å². The molecule has 0 aliphatic rings. The summed E-state index contributed by atoms with van der Waals surface area (Å²) in [6, 6.07) is 5.45. The van der Waals surface area contributed by atoms with Crippen molar-refractivity contribution >= 4 is 5.57 Å². The molecule has 0 radical (unpaired) electrons. The summed E-state index contributed by atoms with van der Waals surface area (Å²) in [7, 11) is 1.67. The fourth-order valence-electron chi connectivity index (χ4n) is 1.35. The molecule has 1 rings (SSSR count). The smallest absolute Gasteiger partial charge is 0.316 e. The molecular weight excluding hydrogens is 203 g/mol. The van der Waals surface area contributed by atoms with E-state index in [-0.39, 0.29) is 5.56 Å². The van der Waals surface area contributed by atoms with Crippen LogP contribution in [0.15, 0.2) is 30.8 Å². The van der Waals surface area contributed by atoms with Crippen LogP contribution in [0.4, 0.5) is 13.2 Å². The van der Waals surface area contributed by atoms with Crippen LogP contribution in [-0.4, -0.2) is 13.6 Å². The number of hydrogen-bond acceptors (Lipinski definition) is 1. The Morgan fingerprint density at radius 1 is 1.33 bits per heavy atom. The first-order valence-electron chi connectivity index (χ1n) is 4.45. The molecule has 0 aliphatic carbocycles. The monoisotopic (exact) mass is 215 g/mol. The van der Waals surface area contributed by atoms with E-state index in [0.29, 0.717) is 12.1 Å². The second-order valence-corrected chi connectivity index (χ2v) is 3.18. The minimum absolute atomic E-state index is 0.152. The van der Waals surface area contributed by atoms with Crippen LogP contribution in [0.1, 0.15) is 11.1 Å². The van der Waals surface area contributed by atoms with Gasteiger partial charge >= 0.3 is 6.18 Å². The van der Waals surface area contributed by atoms with Gasteiger partial charge in [0, 0.05) is 6.54 Å². The summed E-state index contributed by atoms with van der Waals surface area (Å²) in [6.07, 6.45) is -4.33. The normalized spacial score (nSPS) is 11.5. The van der Waals surface area contributed by atoms with Crippen molar-refractivity contribution in [2.24, 2.45) is 0 Å². The molecule has 82 valence electrons. The molecule has 1 N–H and O–H groups in total. The quantitative estimate of drug-likeness (QED) is 0.817. The molecule has 4 heteroatoms. The Morgan fingerprint density at radius 3 is 2.47 bits per heavy atom. The number of likely N-dealkylation sites (N-methyl/N-ethyl adjacent to an activating group) is 1. The van der Waals surface area contributed by atoms with Crippen LogP contribution in [0.2, 0.25) is 0 Å². The predicted molar refractivity (Wildman–Crippen MR) is 54.4 cm³/mol. The van der Waals surface area contributed by atoms with Crippen molar-refractivity contribution in [2.75, 3.05) is 13.6 Å². The molecule has 0 amide bonds. The van der Waals surface area contributed by atoms with Gasteiger partial charge in [0.1, 0.15) is 0 Å². The van der Waals surface area contributed by atoms with Gasteiger partial charge in [0.05, 0.1) is 5.56 Å². The Bertz CT molecular complexity index is 355. The van der Waals surface area contributed by atoms with Gasteiger partial charge in [0.25, 0.3) is 0 Å². The van der Waals surface area contributed by atoms with E-state index in [1.165, 1.54) is 12.1 Å². The van der Waals surface area contributed by atoms with Gasteiger partial charge in [-0.25, -0.2) is 0 Å². The van der Waals surface area contributed by atoms with Gasteiger partial charge in [0.2, 0.25) is 0 Å². The van der Waals surface area contributed by atoms with Gasteiger partial charge in [0.15, 0.2) is 0 Å². The number of benzene rings is 1. The highest BCUT2D eigenvalue weighted by atomic mass is 19.4.